The van der Waals surface area contributed by atoms with Crippen LogP contribution in [0.4, 0.5) is 4.79 Å². The van der Waals surface area contributed by atoms with Gasteiger partial charge in [-0.2, -0.15) is 0 Å². The molecule has 3 amide bonds. The first-order valence-electron chi connectivity index (χ1n) is 5.59. The Hall–Kier alpha value is -1.30. The summed E-state index contributed by atoms with van der Waals surface area (Å²) in [5, 5.41) is 12.3. The molecule has 1 atom stereocenters. The summed E-state index contributed by atoms with van der Waals surface area (Å²) in [6, 6.07) is -0.651. The maximum atomic E-state index is 11.8. The number of rotatable bonds is 2. The van der Waals surface area contributed by atoms with Crippen LogP contribution in [0.1, 0.15) is 25.7 Å². The largest absolute Gasteiger partial charge is 0.380 e. The van der Waals surface area contributed by atoms with Crippen molar-refractivity contribution in [3.05, 3.63) is 0 Å². The highest BCUT2D eigenvalue weighted by atomic mass is 16.3. The van der Waals surface area contributed by atoms with Gasteiger partial charge in [-0.05, 0) is 25.7 Å². The van der Waals surface area contributed by atoms with Crippen LogP contribution in [-0.4, -0.2) is 46.7 Å². The van der Waals surface area contributed by atoms with Gasteiger partial charge in [0.1, 0.15) is 5.60 Å². The zero-order valence-corrected chi connectivity index (χ0v) is 9.11. The number of carbonyl (C=O) groups excluding carboxylic acids is 2. The average Bonchev–Trinajstić information content (AvgIpc) is 2.96. The first kappa shape index (κ1) is 11.2. The minimum atomic E-state index is -1.12. The SMILES string of the molecule is NC(=O)N[C@@H]1CCCN(C(=O)C2(O)CC2)C1. The lowest BCUT2D eigenvalue weighted by Crippen LogP contribution is -2.53. The number of amides is 3. The van der Waals surface area contributed by atoms with Crippen LogP contribution in [0.3, 0.4) is 0 Å². The number of primary amides is 1. The lowest BCUT2D eigenvalue weighted by atomic mass is 10.0. The smallest absolute Gasteiger partial charge is 0.312 e. The number of carbonyl (C=O) groups is 2. The Labute approximate surface area is 93.8 Å². The molecule has 1 aliphatic carbocycles. The first-order chi connectivity index (χ1) is 7.51. The lowest BCUT2D eigenvalue weighted by Gasteiger charge is -2.34. The van der Waals surface area contributed by atoms with Crippen molar-refractivity contribution in [2.45, 2.75) is 37.3 Å². The minimum absolute atomic E-state index is 0.0856. The van der Waals surface area contributed by atoms with Crippen molar-refractivity contribution in [3.63, 3.8) is 0 Å². The van der Waals surface area contributed by atoms with Gasteiger partial charge in [-0.15, -0.1) is 0 Å². The van der Waals surface area contributed by atoms with Crippen LogP contribution < -0.4 is 11.1 Å². The fraction of sp³-hybridized carbons (Fsp3) is 0.800. The molecule has 0 bridgehead atoms. The Morgan fingerprint density at radius 2 is 2.12 bits per heavy atom. The second-order valence-electron chi connectivity index (χ2n) is 4.63. The van der Waals surface area contributed by atoms with E-state index in [2.05, 4.69) is 5.32 Å². The maximum absolute atomic E-state index is 11.8. The third kappa shape index (κ3) is 2.27. The van der Waals surface area contributed by atoms with Crippen molar-refractivity contribution < 1.29 is 14.7 Å². The van der Waals surface area contributed by atoms with Gasteiger partial charge >= 0.3 is 6.03 Å². The number of nitrogens with two attached hydrogens (primary N) is 1. The molecule has 6 heteroatoms. The molecular formula is C10H17N3O3. The standard InChI is InChI=1S/C10H17N3O3/c11-9(15)12-7-2-1-5-13(6-7)8(14)10(16)3-4-10/h7,16H,1-6H2,(H3,11,12,15)/t7-/m1/s1. The van der Waals surface area contributed by atoms with E-state index in [9.17, 15) is 14.7 Å². The number of hydrogen-bond acceptors (Lipinski definition) is 3. The van der Waals surface area contributed by atoms with E-state index in [4.69, 9.17) is 5.73 Å². The quantitative estimate of drug-likeness (QED) is 0.574. The molecular weight excluding hydrogens is 210 g/mol. The van der Waals surface area contributed by atoms with E-state index in [0.29, 0.717) is 25.9 Å². The van der Waals surface area contributed by atoms with E-state index in [1.807, 2.05) is 0 Å². The molecule has 16 heavy (non-hydrogen) atoms. The van der Waals surface area contributed by atoms with Gasteiger partial charge in [0.25, 0.3) is 5.91 Å². The maximum Gasteiger partial charge on any atom is 0.312 e. The molecule has 2 aliphatic rings. The molecule has 0 aromatic rings. The zero-order chi connectivity index (χ0) is 11.8. The second kappa shape index (κ2) is 3.93. The average molecular weight is 227 g/mol. The fourth-order valence-electron chi connectivity index (χ4n) is 2.11. The molecule has 0 aromatic carbocycles. The summed E-state index contributed by atoms with van der Waals surface area (Å²) in [5.74, 6) is -0.205. The van der Waals surface area contributed by atoms with Crippen LogP contribution >= 0.6 is 0 Å². The summed E-state index contributed by atoms with van der Waals surface area (Å²) in [6.07, 6.45) is 2.75. The van der Waals surface area contributed by atoms with Crippen LogP contribution in [0.25, 0.3) is 0 Å². The fourth-order valence-corrected chi connectivity index (χ4v) is 2.11. The molecule has 1 aliphatic heterocycles. The Morgan fingerprint density at radius 3 is 2.69 bits per heavy atom. The number of nitrogens with one attached hydrogen (secondary N) is 1. The molecule has 0 spiro atoms. The number of piperidine rings is 1. The summed E-state index contributed by atoms with van der Waals surface area (Å²) in [7, 11) is 0. The second-order valence-corrected chi connectivity index (χ2v) is 4.63. The highest BCUT2D eigenvalue weighted by Crippen LogP contribution is 2.37. The van der Waals surface area contributed by atoms with Crippen molar-refractivity contribution in [1.82, 2.24) is 10.2 Å². The Kier molecular flexibility index (Phi) is 2.75. The Bertz CT molecular complexity index is 314. The van der Waals surface area contributed by atoms with E-state index in [0.717, 1.165) is 12.8 Å². The summed E-state index contributed by atoms with van der Waals surface area (Å²) >= 11 is 0. The summed E-state index contributed by atoms with van der Waals surface area (Å²) < 4.78 is 0. The van der Waals surface area contributed by atoms with Crippen LogP contribution in [0.15, 0.2) is 0 Å². The highest BCUT2D eigenvalue weighted by molar-refractivity contribution is 5.88. The number of hydrogen-bond donors (Lipinski definition) is 3. The third-order valence-corrected chi connectivity index (χ3v) is 3.18. The van der Waals surface area contributed by atoms with E-state index < -0.39 is 11.6 Å². The van der Waals surface area contributed by atoms with Crippen molar-refractivity contribution in [1.29, 1.82) is 0 Å². The summed E-state index contributed by atoms with van der Waals surface area (Å²) in [4.78, 5) is 24.2. The zero-order valence-electron chi connectivity index (χ0n) is 9.11. The predicted octanol–water partition coefficient (Wildman–Crippen LogP) is -0.829. The van der Waals surface area contributed by atoms with Gasteiger partial charge in [0, 0.05) is 19.1 Å². The van der Waals surface area contributed by atoms with Gasteiger partial charge in [-0.3, -0.25) is 4.79 Å². The van der Waals surface area contributed by atoms with Crippen molar-refractivity contribution in [2.24, 2.45) is 5.73 Å². The van der Waals surface area contributed by atoms with Crippen LogP contribution in [0, 0.1) is 0 Å². The molecule has 0 radical (unpaired) electrons. The molecule has 2 rings (SSSR count). The van der Waals surface area contributed by atoms with Gasteiger partial charge in [-0.1, -0.05) is 0 Å². The molecule has 2 fully saturated rings. The molecule has 1 saturated heterocycles. The highest BCUT2D eigenvalue weighted by Gasteiger charge is 2.50. The number of nitrogens with zero attached hydrogens (tertiary/aromatic N) is 1. The van der Waals surface area contributed by atoms with Gasteiger partial charge in [-0.25, -0.2) is 4.79 Å². The van der Waals surface area contributed by atoms with Gasteiger partial charge in [0.2, 0.25) is 0 Å². The molecule has 6 nitrogen and oxygen atoms in total. The molecule has 0 aromatic heterocycles. The summed E-state index contributed by atoms with van der Waals surface area (Å²) in [6.45, 7) is 1.10. The van der Waals surface area contributed by atoms with Gasteiger partial charge in [0.15, 0.2) is 0 Å². The normalized spacial score (nSPS) is 27.3. The molecule has 1 heterocycles. The van der Waals surface area contributed by atoms with Crippen molar-refractivity contribution in [2.75, 3.05) is 13.1 Å². The first-order valence-corrected chi connectivity index (χ1v) is 5.59. The van der Waals surface area contributed by atoms with Crippen molar-refractivity contribution >= 4 is 11.9 Å². The predicted molar refractivity (Wildman–Crippen MR) is 56.5 cm³/mol. The minimum Gasteiger partial charge on any atom is -0.380 e. The van der Waals surface area contributed by atoms with E-state index in [-0.39, 0.29) is 11.9 Å². The Balaban J connectivity index is 1.91. The molecule has 0 unspecified atom stereocenters. The monoisotopic (exact) mass is 227 g/mol. The number of aliphatic hydroxyl groups is 1. The van der Waals surface area contributed by atoms with E-state index in [1.165, 1.54) is 0 Å². The van der Waals surface area contributed by atoms with E-state index >= 15 is 0 Å². The van der Waals surface area contributed by atoms with E-state index in [1.54, 1.807) is 4.90 Å². The third-order valence-electron chi connectivity index (χ3n) is 3.18. The summed E-state index contributed by atoms with van der Waals surface area (Å²) in [5.41, 5.74) is 3.92. The van der Waals surface area contributed by atoms with Crippen LogP contribution in [0.2, 0.25) is 0 Å². The lowest BCUT2D eigenvalue weighted by molar-refractivity contribution is -0.143. The molecule has 90 valence electrons. The van der Waals surface area contributed by atoms with Crippen LogP contribution in [0.5, 0.6) is 0 Å². The van der Waals surface area contributed by atoms with Crippen LogP contribution in [-0.2, 0) is 4.79 Å². The number of likely N-dealkylation sites (tertiary alicyclic amines) is 1. The van der Waals surface area contributed by atoms with Gasteiger partial charge in [0.05, 0.1) is 0 Å². The Morgan fingerprint density at radius 1 is 1.44 bits per heavy atom. The molecule has 1 saturated carbocycles. The van der Waals surface area contributed by atoms with Gasteiger partial charge < -0.3 is 21.1 Å². The van der Waals surface area contributed by atoms with Crippen molar-refractivity contribution in [3.8, 4) is 0 Å². The number of urea groups is 1. The molecule has 4 N–H and O–H groups in total. The topological polar surface area (TPSA) is 95.7 Å².